The summed E-state index contributed by atoms with van der Waals surface area (Å²) in [6.45, 7) is 5.80. The molecule has 0 aromatic carbocycles. The third-order valence-electron chi connectivity index (χ3n) is 6.71. The van der Waals surface area contributed by atoms with Gasteiger partial charge in [0.1, 0.15) is 0 Å². The molecule has 0 heterocycles. The van der Waals surface area contributed by atoms with Crippen LogP contribution in [-0.4, -0.2) is 23.8 Å². The van der Waals surface area contributed by atoms with E-state index in [4.69, 9.17) is 0 Å². The van der Waals surface area contributed by atoms with Crippen LogP contribution in [0, 0.1) is 23.2 Å². The zero-order valence-corrected chi connectivity index (χ0v) is 12.8. The third-order valence-corrected chi connectivity index (χ3v) is 6.71. The minimum absolute atomic E-state index is 0.114. The molecule has 0 aromatic rings. The van der Waals surface area contributed by atoms with E-state index in [1.54, 1.807) is 0 Å². The normalized spacial score (nSPS) is 40.9. The molecule has 4 aliphatic rings. The molecule has 4 rings (SSSR count). The van der Waals surface area contributed by atoms with Gasteiger partial charge in [0.15, 0.2) is 0 Å². The third kappa shape index (κ3) is 2.47. The highest BCUT2D eigenvalue weighted by Gasteiger charge is 2.51. The van der Waals surface area contributed by atoms with E-state index in [1.165, 1.54) is 38.5 Å². The molecule has 19 heavy (non-hydrogen) atoms. The van der Waals surface area contributed by atoms with E-state index in [0.717, 1.165) is 37.1 Å². The van der Waals surface area contributed by atoms with Crippen molar-refractivity contribution in [2.45, 2.75) is 70.8 Å². The van der Waals surface area contributed by atoms with Crippen LogP contribution in [0.5, 0.6) is 0 Å². The molecule has 0 aliphatic heterocycles. The topological polar surface area (TPSA) is 32.3 Å². The van der Waals surface area contributed by atoms with E-state index >= 15 is 0 Å². The van der Waals surface area contributed by atoms with Crippen LogP contribution in [-0.2, 0) is 0 Å². The Morgan fingerprint density at radius 1 is 1.00 bits per heavy atom. The van der Waals surface area contributed by atoms with Crippen molar-refractivity contribution in [3.05, 3.63) is 0 Å². The Morgan fingerprint density at radius 3 is 1.84 bits per heavy atom. The molecule has 4 aliphatic carbocycles. The minimum Gasteiger partial charge on any atom is -0.396 e. The lowest BCUT2D eigenvalue weighted by atomic mass is 9.53. The zero-order valence-electron chi connectivity index (χ0n) is 12.8. The minimum atomic E-state index is 0.114. The van der Waals surface area contributed by atoms with Crippen molar-refractivity contribution in [1.82, 2.24) is 5.32 Å². The fourth-order valence-corrected chi connectivity index (χ4v) is 5.48. The number of aliphatic hydroxyl groups excluding tert-OH is 1. The van der Waals surface area contributed by atoms with E-state index in [9.17, 15) is 5.11 Å². The summed E-state index contributed by atoms with van der Waals surface area (Å²) < 4.78 is 0. The molecule has 0 amide bonds. The maximum atomic E-state index is 9.75. The Balaban J connectivity index is 1.66. The molecule has 2 heteroatoms. The van der Waals surface area contributed by atoms with E-state index in [-0.39, 0.29) is 5.41 Å². The molecule has 0 atom stereocenters. The monoisotopic (exact) mass is 265 g/mol. The molecule has 4 fully saturated rings. The van der Waals surface area contributed by atoms with Gasteiger partial charge in [0.2, 0.25) is 0 Å². The van der Waals surface area contributed by atoms with Crippen LogP contribution in [0.15, 0.2) is 0 Å². The number of rotatable bonds is 6. The maximum Gasteiger partial charge on any atom is 0.0499 e. The Hall–Kier alpha value is -0.0800. The summed E-state index contributed by atoms with van der Waals surface area (Å²) in [5.41, 5.74) is 0.558. The van der Waals surface area contributed by atoms with Crippen molar-refractivity contribution in [1.29, 1.82) is 0 Å². The average Bonchev–Trinajstić information content (AvgIpc) is 2.39. The highest BCUT2D eigenvalue weighted by atomic mass is 16.3. The molecule has 110 valence electrons. The van der Waals surface area contributed by atoms with Crippen LogP contribution < -0.4 is 5.32 Å². The maximum absolute atomic E-state index is 9.75. The van der Waals surface area contributed by atoms with E-state index in [0.29, 0.717) is 12.1 Å². The SMILES string of the molecule is CCC(CC)(CO)CNC12CC3CC(CC(C3)C1)C2. The fraction of sp³-hybridized carbons (Fsp3) is 1.00. The second kappa shape index (κ2) is 5.04. The van der Waals surface area contributed by atoms with E-state index < -0.39 is 0 Å². The van der Waals surface area contributed by atoms with Gasteiger partial charge in [0, 0.05) is 24.1 Å². The highest BCUT2D eigenvalue weighted by Crippen LogP contribution is 2.55. The van der Waals surface area contributed by atoms with Crippen molar-refractivity contribution in [3.63, 3.8) is 0 Å². The van der Waals surface area contributed by atoms with Crippen LogP contribution in [0.25, 0.3) is 0 Å². The first-order chi connectivity index (χ1) is 9.12. The standard InChI is InChI=1S/C17H31NO/c1-3-16(4-2,12-19)11-18-17-8-13-5-14(9-17)7-15(6-13)10-17/h13-15,18-19H,3-12H2,1-2H3. The second-order valence-corrected chi connectivity index (χ2v) is 7.92. The summed E-state index contributed by atoms with van der Waals surface area (Å²) in [4.78, 5) is 0. The van der Waals surface area contributed by atoms with Gasteiger partial charge in [-0.15, -0.1) is 0 Å². The molecule has 4 bridgehead atoms. The van der Waals surface area contributed by atoms with E-state index in [2.05, 4.69) is 19.2 Å². The van der Waals surface area contributed by atoms with Gasteiger partial charge in [-0.2, -0.15) is 0 Å². The predicted molar refractivity (Wildman–Crippen MR) is 79.0 cm³/mol. The largest absolute Gasteiger partial charge is 0.396 e. The number of hydrogen-bond donors (Lipinski definition) is 2. The summed E-state index contributed by atoms with van der Waals surface area (Å²) in [6, 6.07) is 0. The quantitative estimate of drug-likeness (QED) is 0.772. The lowest BCUT2D eigenvalue weighted by Crippen LogP contribution is -2.60. The Kier molecular flexibility index (Phi) is 3.68. The summed E-state index contributed by atoms with van der Waals surface area (Å²) in [5, 5.41) is 13.7. The zero-order chi connectivity index (χ0) is 13.5. The smallest absolute Gasteiger partial charge is 0.0499 e. The molecule has 0 unspecified atom stereocenters. The molecule has 2 N–H and O–H groups in total. The number of hydrogen-bond acceptors (Lipinski definition) is 2. The lowest BCUT2D eigenvalue weighted by molar-refractivity contribution is -0.0285. The Bertz CT molecular complexity index is 278. The van der Waals surface area contributed by atoms with Crippen molar-refractivity contribution in [2.24, 2.45) is 23.2 Å². The lowest BCUT2D eigenvalue weighted by Gasteiger charge is -2.57. The van der Waals surface area contributed by atoms with Gasteiger partial charge in [0.05, 0.1) is 0 Å². The summed E-state index contributed by atoms with van der Waals surface area (Å²) >= 11 is 0. The van der Waals surface area contributed by atoms with Crippen LogP contribution in [0.3, 0.4) is 0 Å². The summed E-state index contributed by atoms with van der Waals surface area (Å²) in [6.07, 6.45) is 10.9. The molecular weight excluding hydrogens is 234 g/mol. The summed E-state index contributed by atoms with van der Waals surface area (Å²) in [7, 11) is 0. The van der Waals surface area contributed by atoms with Gasteiger partial charge in [-0.1, -0.05) is 13.8 Å². The molecule has 0 aromatic heterocycles. The van der Waals surface area contributed by atoms with Crippen molar-refractivity contribution in [3.8, 4) is 0 Å². The average molecular weight is 265 g/mol. The number of nitrogens with one attached hydrogen (secondary N) is 1. The van der Waals surface area contributed by atoms with Crippen LogP contribution in [0.1, 0.15) is 65.2 Å². The van der Waals surface area contributed by atoms with Crippen LogP contribution in [0.2, 0.25) is 0 Å². The van der Waals surface area contributed by atoms with Crippen LogP contribution in [0.4, 0.5) is 0 Å². The van der Waals surface area contributed by atoms with Crippen molar-refractivity contribution < 1.29 is 5.11 Å². The Labute approximate surface area is 118 Å². The first kappa shape index (κ1) is 13.9. The predicted octanol–water partition coefficient (Wildman–Crippen LogP) is 3.34. The molecule has 4 saturated carbocycles. The molecule has 0 spiro atoms. The van der Waals surface area contributed by atoms with Crippen LogP contribution >= 0.6 is 0 Å². The second-order valence-electron chi connectivity index (χ2n) is 7.92. The van der Waals surface area contributed by atoms with Gasteiger partial charge >= 0.3 is 0 Å². The molecule has 0 saturated heterocycles. The highest BCUT2D eigenvalue weighted by molar-refractivity contribution is 5.06. The fourth-order valence-electron chi connectivity index (χ4n) is 5.48. The summed E-state index contributed by atoms with van der Waals surface area (Å²) in [5.74, 6) is 3.02. The molecule has 0 radical (unpaired) electrons. The van der Waals surface area contributed by atoms with Gasteiger partial charge < -0.3 is 10.4 Å². The Morgan fingerprint density at radius 2 is 1.47 bits per heavy atom. The first-order valence-electron chi connectivity index (χ1n) is 8.48. The molecular formula is C17H31NO. The van der Waals surface area contributed by atoms with Crippen molar-refractivity contribution >= 4 is 0 Å². The van der Waals surface area contributed by atoms with Gasteiger partial charge in [-0.05, 0) is 69.1 Å². The number of aliphatic hydroxyl groups is 1. The van der Waals surface area contributed by atoms with Gasteiger partial charge in [-0.3, -0.25) is 0 Å². The van der Waals surface area contributed by atoms with Crippen molar-refractivity contribution in [2.75, 3.05) is 13.2 Å². The van der Waals surface area contributed by atoms with Gasteiger partial charge in [-0.25, -0.2) is 0 Å². The van der Waals surface area contributed by atoms with Gasteiger partial charge in [0.25, 0.3) is 0 Å². The molecule has 2 nitrogen and oxygen atoms in total. The first-order valence-corrected chi connectivity index (χ1v) is 8.48. The van der Waals surface area contributed by atoms with E-state index in [1.807, 2.05) is 0 Å².